The van der Waals surface area contributed by atoms with E-state index in [1.807, 2.05) is 4.90 Å². The number of halogens is 1. The Morgan fingerprint density at radius 3 is 2.48 bits per heavy atom. The van der Waals surface area contributed by atoms with E-state index >= 15 is 0 Å². The number of nitrogens with zero attached hydrogens (tertiary/aromatic N) is 1. The monoisotopic (exact) mass is 442 g/mol. The van der Waals surface area contributed by atoms with Crippen molar-refractivity contribution in [3.8, 4) is 0 Å². The molecule has 0 saturated carbocycles. The van der Waals surface area contributed by atoms with Crippen LogP contribution in [0.3, 0.4) is 0 Å². The van der Waals surface area contributed by atoms with Crippen LogP contribution in [0.15, 0.2) is 12.1 Å². The Morgan fingerprint density at radius 2 is 1.97 bits per heavy atom. The largest absolute Gasteiger partial charge is 0.465 e. The average molecular weight is 443 g/mol. The van der Waals surface area contributed by atoms with Gasteiger partial charge in [0, 0.05) is 18.7 Å². The number of nitrogens with one attached hydrogen (secondary N) is 1. The standard InChI is InChI=1S/C19H31ClN4O4Si/c1-19(2,3)29(4,5)28-15-10-24(7-6-13(15)23-18(26)27)14-9-11(17(22)25)8-12(21)16(14)20/h8-9,13,15,23H,6-7,10,21H2,1-5H3,(H2,22,25)(H,26,27)/t13-,15-/m0/s1. The van der Waals surface area contributed by atoms with Crippen molar-refractivity contribution in [1.29, 1.82) is 0 Å². The second-order valence-electron chi connectivity index (χ2n) is 8.97. The quantitative estimate of drug-likeness (QED) is 0.409. The van der Waals surface area contributed by atoms with Crippen LogP contribution in [-0.2, 0) is 4.43 Å². The molecular weight excluding hydrogens is 412 g/mol. The third-order valence-electron chi connectivity index (χ3n) is 5.83. The molecule has 1 aromatic rings. The minimum Gasteiger partial charge on any atom is -0.465 e. The molecule has 2 atom stereocenters. The highest BCUT2D eigenvalue weighted by Crippen LogP contribution is 2.39. The Balaban J connectivity index is 2.37. The molecule has 1 aromatic carbocycles. The maximum atomic E-state index is 11.6. The number of hydrogen-bond acceptors (Lipinski definition) is 5. The van der Waals surface area contributed by atoms with E-state index in [4.69, 9.17) is 27.5 Å². The van der Waals surface area contributed by atoms with Gasteiger partial charge in [0.05, 0.1) is 28.5 Å². The lowest BCUT2D eigenvalue weighted by molar-refractivity contribution is 0.1000. The summed E-state index contributed by atoms with van der Waals surface area (Å²) in [5.41, 5.74) is 12.5. The second kappa shape index (κ2) is 8.41. The number of nitrogen functional groups attached to an aromatic ring is 1. The number of rotatable bonds is 5. The van der Waals surface area contributed by atoms with E-state index < -0.39 is 20.3 Å². The molecule has 0 aliphatic carbocycles. The van der Waals surface area contributed by atoms with E-state index in [-0.39, 0.29) is 28.4 Å². The molecule has 1 fully saturated rings. The van der Waals surface area contributed by atoms with Crippen molar-refractivity contribution >= 4 is 43.3 Å². The third kappa shape index (κ3) is 5.34. The summed E-state index contributed by atoms with van der Waals surface area (Å²) < 4.78 is 6.56. The maximum Gasteiger partial charge on any atom is 0.404 e. The SMILES string of the molecule is CC(C)(C)[Si](C)(C)O[C@H]1CN(c2cc(C(N)=O)cc(N)c2Cl)CC[C@@H]1NC(=O)O. The van der Waals surface area contributed by atoms with Crippen LogP contribution >= 0.6 is 11.6 Å². The Kier molecular flexibility index (Phi) is 6.76. The molecule has 162 valence electrons. The molecule has 0 unspecified atom stereocenters. The summed E-state index contributed by atoms with van der Waals surface area (Å²) in [6, 6.07) is 2.74. The highest BCUT2D eigenvalue weighted by molar-refractivity contribution is 6.74. The van der Waals surface area contributed by atoms with Crippen molar-refractivity contribution < 1.29 is 19.1 Å². The number of hydrogen-bond donors (Lipinski definition) is 4. The molecule has 6 N–H and O–H groups in total. The van der Waals surface area contributed by atoms with Gasteiger partial charge in [0.1, 0.15) is 0 Å². The number of nitrogens with two attached hydrogens (primary N) is 2. The molecule has 0 radical (unpaired) electrons. The predicted octanol–water partition coefficient (Wildman–Crippen LogP) is 3.26. The highest BCUT2D eigenvalue weighted by Gasteiger charge is 2.43. The molecule has 8 nitrogen and oxygen atoms in total. The van der Waals surface area contributed by atoms with Crippen LogP contribution in [-0.4, -0.2) is 50.7 Å². The summed E-state index contributed by atoms with van der Waals surface area (Å²) in [5.74, 6) is -0.592. The van der Waals surface area contributed by atoms with E-state index in [9.17, 15) is 14.7 Å². The van der Waals surface area contributed by atoms with Gasteiger partial charge in [0.2, 0.25) is 5.91 Å². The number of primary amides is 1. The van der Waals surface area contributed by atoms with Crippen LogP contribution in [0.5, 0.6) is 0 Å². The van der Waals surface area contributed by atoms with Crippen LogP contribution in [0.25, 0.3) is 0 Å². The smallest absolute Gasteiger partial charge is 0.404 e. The van der Waals surface area contributed by atoms with Gasteiger partial charge >= 0.3 is 6.09 Å². The van der Waals surface area contributed by atoms with Gasteiger partial charge in [-0.05, 0) is 36.7 Å². The fraction of sp³-hybridized carbons (Fsp3) is 0.579. The molecule has 0 aromatic heterocycles. The number of carboxylic acid groups (broad SMARTS) is 1. The fourth-order valence-electron chi connectivity index (χ4n) is 3.14. The van der Waals surface area contributed by atoms with E-state index in [0.29, 0.717) is 30.2 Å². The first kappa shape index (κ1) is 23.3. The van der Waals surface area contributed by atoms with Crippen molar-refractivity contribution in [1.82, 2.24) is 5.32 Å². The number of amides is 2. The molecule has 2 rings (SSSR count). The van der Waals surface area contributed by atoms with Crippen LogP contribution in [0.4, 0.5) is 16.2 Å². The Labute approximate surface area is 177 Å². The van der Waals surface area contributed by atoms with E-state index in [1.54, 1.807) is 6.07 Å². The van der Waals surface area contributed by atoms with Crippen LogP contribution in [0, 0.1) is 0 Å². The summed E-state index contributed by atoms with van der Waals surface area (Å²) in [4.78, 5) is 24.9. The van der Waals surface area contributed by atoms with Gasteiger partial charge < -0.3 is 31.2 Å². The number of anilines is 2. The molecule has 1 heterocycles. The Bertz CT molecular complexity index is 797. The molecule has 0 spiro atoms. The summed E-state index contributed by atoms with van der Waals surface area (Å²) >= 11 is 6.42. The average Bonchev–Trinajstić information content (AvgIpc) is 2.57. The van der Waals surface area contributed by atoms with Crippen molar-refractivity contribution in [3.63, 3.8) is 0 Å². The number of benzene rings is 1. The Hall–Kier alpha value is -1.97. The molecule has 1 saturated heterocycles. The number of carbonyl (C=O) groups is 2. The minimum absolute atomic E-state index is 0.0307. The molecule has 1 aliphatic rings. The first-order valence-corrected chi connectivity index (χ1v) is 12.8. The zero-order valence-electron chi connectivity index (χ0n) is 17.6. The molecule has 0 bridgehead atoms. The highest BCUT2D eigenvalue weighted by atomic mass is 35.5. The normalized spacial score (nSPS) is 20.4. The first-order valence-electron chi connectivity index (χ1n) is 9.54. The lowest BCUT2D eigenvalue weighted by Crippen LogP contribution is -2.59. The van der Waals surface area contributed by atoms with Crippen molar-refractivity contribution in [2.24, 2.45) is 5.73 Å². The lowest BCUT2D eigenvalue weighted by Gasteiger charge is -2.46. The van der Waals surface area contributed by atoms with Gasteiger partial charge in [-0.25, -0.2) is 4.79 Å². The minimum atomic E-state index is -2.16. The van der Waals surface area contributed by atoms with E-state index in [2.05, 4.69) is 39.2 Å². The van der Waals surface area contributed by atoms with Crippen LogP contribution in [0.1, 0.15) is 37.6 Å². The molecule has 2 amide bonds. The maximum absolute atomic E-state index is 11.6. The van der Waals surface area contributed by atoms with Crippen LogP contribution in [0.2, 0.25) is 23.2 Å². The third-order valence-corrected chi connectivity index (χ3v) is 10.7. The first-order chi connectivity index (χ1) is 13.2. The summed E-state index contributed by atoms with van der Waals surface area (Å²) in [6.45, 7) is 11.6. The van der Waals surface area contributed by atoms with Gasteiger partial charge in [-0.1, -0.05) is 32.4 Å². The van der Waals surface area contributed by atoms with Crippen molar-refractivity contribution in [2.45, 2.75) is 57.5 Å². The van der Waals surface area contributed by atoms with Gasteiger partial charge in [-0.2, -0.15) is 0 Å². The molecule has 29 heavy (non-hydrogen) atoms. The summed E-state index contributed by atoms with van der Waals surface area (Å²) in [5, 5.41) is 12.1. The van der Waals surface area contributed by atoms with Gasteiger partial charge in [-0.3, -0.25) is 4.79 Å². The van der Waals surface area contributed by atoms with Crippen LogP contribution < -0.4 is 21.7 Å². The number of piperidine rings is 1. The Morgan fingerprint density at radius 1 is 1.34 bits per heavy atom. The summed E-state index contributed by atoms with van der Waals surface area (Å²) in [7, 11) is -2.16. The second-order valence-corrected chi connectivity index (χ2v) is 14.1. The number of carbonyl (C=O) groups excluding carboxylic acids is 1. The van der Waals surface area contributed by atoms with Gasteiger partial charge in [0.15, 0.2) is 8.32 Å². The topological polar surface area (TPSA) is 131 Å². The predicted molar refractivity (Wildman–Crippen MR) is 118 cm³/mol. The lowest BCUT2D eigenvalue weighted by atomic mass is 10.0. The van der Waals surface area contributed by atoms with E-state index in [0.717, 1.165) is 0 Å². The molecule has 10 heteroatoms. The summed E-state index contributed by atoms with van der Waals surface area (Å²) in [6.07, 6.45) is -0.914. The zero-order chi connectivity index (χ0) is 22.1. The fourth-order valence-corrected chi connectivity index (χ4v) is 4.72. The van der Waals surface area contributed by atoms with E-state index in [1.165, 1.54) is 6.07 Å². The van der Waals surface area contributed by atoms with Crippen molar-refractivity contribution in [2.75, 3.05) is 23.7 Å². The molecule has 1 aliphatic heterocycles. The van der Waals surface area contributed by atoms with Gasteiger partial charge in [-0.15, -0.1) is 0 Å². The zero-order valence-corrected chi connectivity index (χ0v) is 19.3. The molecular formula is C19H31ClN4O4Si. The van der Waals surface area contributed by atoms with Gasteiger partial charge in [0.25, 0.3) is 0 Å². The van der Waals surface area contributed by atoms with Crippen molar-refractivity contribution in [3.05, 3.63) is 22.7 Å².